The summed E-state index contributed by atoms with van der Waals surface area (Å²) in [7, 11) is 3.70. The number of nitrogens with zero attached hydrogens (tertiary/aromatic N) is 5. The number of nitrogens with two attached hydrogens (primary N) is 1. The number of urea groups is 1. The number of anilines is 5. The smallest absolute Gasteiger partial charge is 0.330 e. The van der Waals surface area contributed by atoms with Gasteiger partial charge in [0.2, 0.25) is 5.95 Å². The summed E-state index contributed by atoms with van der Waals surface area (Å²) in [5.74, 6) is 1.70. The number of ether oxygens (including phenoxy) is 1. The summed E-state index contributed by atoms with van der Waals surface area (Å²) in [6.45, 7) is 11.2. The summed E-state index contributed by atoms with van der Waals surface area (Å²) >= 11 is 0. The van der Waals surface area contributed by atoms with E-state index in [0.717, 1.165) is 61.2 Å². The summed E-state index contributed by atoms with van der Waals surface area (Å²) in [5.41, 5.74) is 11.3. The van der Waals surface area contributed by atoms with Crippen LogP contribution in [0.3, 0.4) is 0 Å². The average Bonchev–Trinajstić information content (AvgIpc) is 3.48. The number of amides is 2. The lowest BCUT2D eigenvalue weighted by molar-refractivity contribution is 0.247. The lowest BCUT2D eigenvalue weighted by Gasteiger charge is -2.40. The van der Waals surface area contributed by atoms with Crippen molar-refractivity contribution in [3.05, 3.63) is 59.3 Å². The predicted molar refractivity (Wildman–Crippen MR) is 164 cm³/mol. The van der Waals surface area contributed by atoms with Crippen molar-refractivity contribution < 1.29 is 9.53 Å². The largest absolute Gasteiger partial charge is 0.494 e. The van der Waals surface area contributed by atoms with Gasteiger partial charge in [-0.15, -0.1) is 0 Å². The van der Waals surface area contributed by atoms with Crippen molar-refractivity contribution in [1.29, 1.82) is 0 Å². The van der Waals surface area contributed by atoms with Gasteiger partial charge in [0, 0.05) is 29.6 Å². The van der Waals surface area contributed by atoms with Crippen LogP contribution >= 0.6 is 0 Å². The van der Waals surface area contributed by atoms with Crippen molar-refractivity contribution >= 4 is 34.9 Å². The molecule has 2 aliphatic rings. The Hall–Kier alpha value is -3.85. The highest BCUT2D eigenvalue weighted by molar-refractivity contribution is 6.06. The van der Waals surface area contributed by atoms with Gasteiger partial charge in [-0.25, -0.2) is 9.78 Å². The van der Waals surface area contributed by atoms with Gasteiger partial charge in [-0.3, -0.25) is 9.80 Å². The molecular weight excluding hydrogens is 502 g/mol. The molecule has 1 fully saturated rings. The van der Waals surface area contributed by atoms with Crippen molar-refractivity contribution in [3.63, 3.8) is 0 Å². The molecule has 9 nitrogen and oxygen atoms in total. The second kappa shape index (κ2) is 13.0. The molecule has 0 radical (unpaired) electrons. The maximum Gasteiger partial charge on any atom is 0.330 e. The molecule has 0 spiro atoms. The van der Waals surface area contributed by atoms with Crippen LogP contribution in [0.25, 0.3) is 0 Å². The quantitative estimate of drug-likeness (QED) is 0.337. The topological polar surface area (TPSA) is 99.9 Å². The third-order valence-electron chi connectivity index (χ3n) is 7.79. The third kappa shape index (κ3) is 6.31. The molecule has 1 aliphatic heterocycles. The van der Waals surface area contributed by atoms with Gasteiger partial charge in [-0.2, -0.15) is 4.98 Å². The molecule has 0 bridgehead atoms. The van der Waals surface area contributed by atoms with Gasteiger partial charge in [0.05, 0.1) is 25.0 Å². The molecule has 0 saturated heterocycles. The molecule has 9 heteroatoms. The van der Waals surface area contributed by atoms with Gasteiger partial charge in [0.15, 0.2) is 0 Å². The molecule has 0 unspecified atom stereocenters. The number of rotatable bonds is 7. The zero-order valence-corrected chi connectivity index (χ0v) is 24.7. The number of nitrogens with one attached hydrogen (secondary N) is 1. The van der Waals surface area contributed by atoms with Crippen LogP contribution in [0.5, 0.6) is 5.75 Å². The van der Waals surface area contributed by atoms with Gasteiger partial charge in [-0.05, 0) is 70.1 Å². The SMILES string of the molecule is CCN(C)CC.COc1cc(N)ccc1Nc1ncc2c(n1)N(C1CCCC1)C(=O)N(c1c(C)cccc1C)C2. The van der Waals surface area contributed by atoms with Gasteiger partial charge in [-0.1, -0.05) is 44.9 Å². The Balaban J connectivity index is 0.000000557. The molecule has 214 valence electrons. The fourth-order valence-electron chi connectivity index (χ4n) is 5.29. The van der Waals surface area contributed by atoms with Gasteiger partial charge in [0.25, 0.3) is 0 Å². The number of carbonyl (C=O) groups is 1. The minimum Gasteiger partial charge on any atom is -0.494 e. The van der Waals surface area contributed by atoms with Crippen LogP contribution < -0.4 is 25.6 Å². The van der Waals surface area contributed by atoms with Crippen LogP contribution in [0.15, 0.2) is 42.6 Å². The Morgan fingerprint density at radius 2 is 1.77 bits per heavy atom. The molecule has 0 atom stereocenters. The second-order valence-electron chi connectivity index (χ2n) is 10.5. The lowest BCUT2D eigenvalue weighted by Crippen LogP contribution is -2.52. The van der Waals surface area contributed by atoms with E-state index in [9.17, 15) is 4.79 Å². The summed E-state index contributed by atoms with van der Waals surface area (Å²) < 4.78 is 5.45. The van der Waals surface area contributed by atoms with E-state index in [2.05, 4.69) is 62.1 Å². The van der Waals surface area contributed by atoms with E-state index in [4.69, 9.17) is 15.5 Å². The summed E-state index contributed by atoms with van der Waals surface area (Å²) in [5, 5.41) is 3.23. The first kappa shape index (κ1) is 29.1. The van der Waals surface area contributed by atoms with Crippen molar-refractivity contribution in [2.75, 3.05) is 48.1 Å². The van der Waals surface area contributed by atoms with Crippen LogP contribution in [-0.2, 0) is 6.54 Å². The molecule has 3 N–H and O–H groups in total. The van der Waals surface area contributed by atoms with Gasteiger partial charge < -0.3 is 20.7 Å². The number of aromatic nitrogens is 2. The summed E-state index contributed by atoms with van der Waals surface area (Å²) in [6, 6.07) is 11.6. The predicted octanol–water partition coefficient (Wildman–Crippen LogP) is 6.28. The fourth-order valence-corrected chi connectivity index (χ4v) is 5.29. The zero-order valence-electron chi connectivity index (χ0n) is 24.7. The van der Waals surface area contributed by atoms with E-state index in [1.807, 2.05) is 28.1 Å². The minimum atomic E-state index is -0.0217. The Morgan fingerprint density at radius 1 is 1.10 bits per heavy atom. The highest BCUT2D eigenvalue weighted by Crippen LogP contribution is 2.38. The number of hydrogen-bond acceptors (Lipinski definition) is 7. The maximum atomic E-state index is 13.9. The van der Waals surface area contributed by atoms with Crippen LogP contribution in [0.1, 0.15) is 56.2 Å². The maximum absolute atomic E-state index is 13.9. The van der Waals surface area contributed by atoms with Gasteiger partial charge >= 0.3 is 6.03 Å². The lowest BCUT2D eigenvalue weighted by atomic mass is 10.1. The second-order valence-corrected chi connectivity index (χ2v) is 10.5. The van der Waals surface area contributed by atoms with Crippen molar-refractivity contribution in [2.45, 2.75) is 66.0 Å². The van der Waals surface area contributed by atoms with E-state index in [0.29, 0.717) is 35.4 Å². The highest BCUT2D eigenvalue weighted by atomic mass is 16.5. The fraction of sp³-hybridized carbons (Fsp3) is 0.452. The van der Waals surface area contributed by atoms with Crippen molar-refractivity contribution in [1.82, 2.24) is 14.9 Å². The third-order valence-corrected chi connectivity index (χ3v) is 7.79. The normalized spacial score (nSPS) is 15.1. The monoisotopic (exact) mass is 545 g/mol. The van der Waals surface area contributed by atoms with Crippen LogP contribution in [0, 0.1) is 13.8 Å². The number of carbonyl (C=O) groups excluding carboxylic acids is 1. The number of para-hydroxylation sites is 1. The molecule has 1 saturated carbocycles. The van der Waals surface area contributed by atoms with Crippen molar-refractivity contribution in [3.8, 4) is 5.75 Å². The number of hydrogen-bond donors (Lipinski definition) is 2. The highest BCUT2D eigenvalue weighted by Gasteiger charge is 2.39. The molecular formula is C31H43N7O2. The van der Waals surface area contributed by atoms with Crippen LogP contribution in [0.4, 0.5) is 33.6 Å². The summed E-state index contributed by atoms with van der Waals surface area (Å²) in [4.78, 5) is 29.3. The van der Waals surface area contributed by atoms with E-state index >= 15 is 0 Å². The Labute approximate surface area is 238 Å². The average molecular weight is 546 g/mol. The number of methoxy groups -OCH3 is 1. The first-order valence-corrected chi connectivity index (χ1v) is 14.2. The molecule has 5 rings (SSSR count). The van der Waals surface area contributed by atoms with Gasteiger partial charge in [0.1, 0.15) is 11.6 Å². The molecule has 2 aromatic carbocycles. The Kier molecular flexibility index (Phi) is 9.47. The van der Waals surface area contributed by atoms with E-state index < -0.39 is 0 Å². The molecule has 2 heterocycles. The van der Waals surface area contributed by atoms with Crippen LogP contribution in [0.2, 0.25) is 0 Å². The number of benzene rings is 2. The number of aryl methyl sites for hydroxylation is 2. The molecule has 2 amide bonds. The first-order valence-electron chi connectivity index (χ1n) is 14.2. The zero-order chi connectivity index (χ0) is 28.8. The minimum absolute atomic E-state index is 0.0217. The molecule has 40 heavy (non-hydrogen) atoms. The van der Waals surface area contributed by atoms with Crippen molar-refractivity contribution in [2.24, 2.45) is 0 Å². The molecule has 1 aromatic heterocycles. The standard InChI is InChI=1S/C26H30N6O2.C5H13N/c1-16-7-6-8-17(2)23(16)31-15-18-14-28-25(29-21-12-11-19(27)13-22(21)34-3)30-24(18)32(26(31)33)20-9-4-5-10-20;1-4-6(3)5-2/h6-8,11-14,20H,4-5,9-10,15,27H2,1-3H3,(H,28,29,30);4-5H2,1-3H3. The summed E-state index contributed by atoms with van der Waals surface area (Å²) in [6.07, 6.45) is 6.01. The number of nitrogen functional groups attached to an aromatic ring is 1. The van der Waals surface area contributed by atoms with E-state index in [1.165, 1.54) is 0 Å². The number of fused-ring (bicyclic) bond motifs is 1. The molecule has 1 aliphatic carbocycles. The Morgan fingerprint density at radius 3 is 2.38 bits per heavy atom. The Bertz CT molecular complexity index is 1300. The van der Waals surface area contributed by atoms with E-state index in [1.54, 1.807) is 19.2 Å². The van der Waals surface area contributed by atoms with Crippen LogP contribution in [-0.4, -0.2) is 54.2 Å². The van der Waals surface area contributed by atoms with E-state index in [-0.39, 0.29) is 12.1 Å². The first-order chi connectivity index (χ1) is 19.3. The molecule has 3 aromatic rings.